The van der Waals surface area contributed by atoms with Gasteiger partial charge in [-0.05, 0) is 56.7 Å². The lowest BCUT2D eigenvalue weighted by atomic mass is 9.64. The number of carbonyl (C=O) groups is 1. The predicted octanol–water partition coefficient (Wildman–Crippen LogP) is -2.24. The van der Waals surface area contributed by atoms with E-state index in [1.54, 1.807) is 6.20 Å². The Balaban J connectivity index is 1.25. The highest BCUT2D eigenvalue weighted by Crippen LogP contribution is 2.51. The van der Waals surface area contributed by atoms with Gasteiger partial charge in [-0.1, -0.05) is 0 Å². The molecule has 4 rings (SSSR count). The number of likely N-dealkylation sites (tertiary alicyclic amines) is 2. The number of carbonyl (C=O) groups excluding carboxylic acids is 1. The number of ether oxygens (including phenoxy) is 1. The van der Waals surface area contributed by atoms with Crippen LogP contribution in [-0.2, 0) is 4.74 Å². The summed E-state index contributed by atoms with van der Waals surface area (Å²) in [5, 5.41) is 68.1. The van der Waals surface area contributed by atoms with Crippen LogP contribution in [0.15, 0.2) is 12.3 Å². The Morgan fingerprint density at radius 3 is 2.38 bits per heavy atom. The molecule has 1 spiro atoms. The Hall–Kier alpha value is -1.84. The zero-order valence-corrected chi connectivity index (χ0v) is 17.5. The highest BCUT2D eigenvalue weighted by Gasteiger charge is 2.55. The number of aliphatic hydroxyl groups is 7. The Morgan fingerprint density at radius 2 is 1.78 bits per heavy atom. The minimum atomic E-state index is -4.00. The third-order valence-electron chi connectivity index (χ3n) is 7.08. The molecule has 180 valence electrons. The highest BCUT2D eigenvalue weighted by atomic mass is 16.9. The molecule has 1 aromatic rings. The molecule has 1 saturated carbocycles. The molecular formula is C19H30N4O9. The Labute approximate surface area is 183 Å². The molecule has 1 aromatic heterocycles. The summed E-state index contributed by atoms with van der Waals surface area (Å²) in [5.74, 6) is -7.63. The quantitative estimate of drug-likeness (QED) is 0.236. The SMILES string of the molecule is O=C(OC(O)(O)C(O)(O)O)N1CCC2(CC(N3CCC(c4ccnn4C(O)O)CC3)C2)C1. The highest BCUT2D eigenvalue weighted by molar-refractivity contribution is 5.68. The molecule has 3 heterocycles. The summed E-state index contributed by atoms with van der Waals surface area (Å²) >= 11 is 0. The van der Waals surface area contributed by atoms with Crippen LogP contribution in [0.2, 0.25) is 0 Å². The van der Waals surface area contributed by atoms with Gasteiger partial charge in [-0.25, -0.2) is 9.48 Å². The van der Waals surface area contributed by atoms with E-state index in [0.29, 0.717) is 19.1 Å². The number of hydrogen-bond donors (Lipinski definition) is 7. The molecule has 1 amide bonds. The second-order valence-corrected chi connectivity index (χ2v) is 9.20. The van der Waals surface area contributed by atoms with Crippen LogP contribution >= 0.6 is 0 Å². The molecule has 13 nitrogen and oxygen atoms in total. The van der Waals surface area contributed by atoms with E-state index in [0.717, 1.165) is 50.9 Å². The van der Waals surface area contributed by atoms with Crippen molar-refractivity contribution in [1.29, 1.82) is 0 Å². The van der Waals surface area contributed by atoms with Gasteiger partial charge in [0.05, 0.1) is 0 Å². The minimum Gasteiger partial charge on any atom is -0.385 e. The first-order valence-corrected chi connectivity index (χ1v) is 10.6. The maximum atomic E-state index is 12.1. The lowest BCUT2D eigenvalue weighted by Crippen LogP contribution is -2.58. The van der Waals surface area contributed by atoms with E-state index in [9.17, 15) is 25.2 Å². The molecule has 1 aliphatic carbocycles. The third kappa shape index (κ3) is 4.34. The summed E-state index contributed by atoms with van der Waals surface area (Å²) in [7, 11) is 0. The largest absolute Gasteiger partial charge is 0.414 e. The first-order valence-electron chi connectivity index (χ1n) is 10.6. The fraction of sp³-hybridized carbons (Fsp3) is 0.789. The van der Waals surface area contributed by atoms with Crippen molar-refractivity contribution in [3.63, 3.8) is 0 Å². The smallest absolute Gasteiger partial charge is 0.385 e. The molecule has 0 aromatic carbocycles. The average molecular weight is 458 g/mol. The molecule has 7 N–H and O–H groups in total. The lowest BCUT2D eigenvalue weighted by Gasteiger charge is -2.51. The van der Waals surface area contributed by atoms with Gasteiger partial charge in [0.2, 0.25) is 0 Å². The van der Waals surface area contributed by atoms with Crippen LogP contribution in [0.1, 0.15) is 50.1 Å². The van der Waals surface area contributed by atoms with Crippen LogP contribution in [0.4, 0.5) is 4.79 Å². The number of rotatable bonds is 5. The van der Waals surface area contributed by atoms with Gasteiger partial charge in [0.1, 0.15) is 0 Å². The summed E-state index contributed by atoms with van der Waals surface area (Å²) in [6.45, 7) is 2.41. The average Bonchev–Trinajstić information content (AvgIpc) is 3.33. The van der Waals surface area contributed by atoms with Crippen molar-refractivity contribution < 1.29 is 45.3 Å². The van der Waals surface area contributed by atoms with Crippen molar-refractivity contribution in [3.05, 3.63) is 18.0 Å². The van der Waals surface area contributed by atoms with Gasteiger partial charge in [-0.15, -0.1) is 0 Å². The Morgan fingerprint density at radius 1 is 1.12 bits per heavy atom. The van der Waals surface area contributed by atoms with Crippen LogP contribution in [0, 0.1) is 5.41 Å². The van der Waals surface area contributed by atoms with Gasteiger partial charge < -0.3 is 50.3 Å². The van der Waals surface area contributed by atoms with E-state index in [-0.39, 0.29) is 11.3 Å². The van der Waals surface area contributed by atoms with Gasteiger partial charge >= 0.3 is 18.0 Å². The number of hydrogen-bond acceptors (Lipinski definition) is 11. The molecule has 0 bridgehead atoms. The summed E-state index contributed by atoms with van der Waals surface area (Å²) in [5.41, 5.74) is 0.721. The van der Waals surface area contributed by atoms with Crippen molar-refractivity contribution in [1.82, 2.24) is 19.6 Å². The van der Waals surface area contributed by atoms with Crippen molar-refractivity contribution in [2.75, 3.05) is 26.2 Å². The van der Waals surface area contributed by atoms with Crippen molar-refractivity contribution in [3.8, 4) is 0 Å². The standard InChI is InChI=1S/C19H30N4O9/c24-15(25)23-14(1-5-20-23)12-2-6-21(7-3-12)13-9-17(10-13)4-8-22(11-17)16(26)32-19(30,31)18(27,28)29/h1,5,12-13,15,24-25,27-31H,2-4,6-11H2. The second kappa shape index (κ2) is 8.18. The van der Waals surface area contributed by atoms with Crippen LogP contribution in [0.3, 0.4) is 0 Å². The van der Waals surface area contributed by atoms with E-state index in [4.69, 9.17) is 15.3 Å². The zero-order chi connectivity index (χ0) is 23.3. The number of aromatic nitrogens is 2. The summed E-state index contributed by atoms with van der Waals surface area (Å²) in [4.78, 5) is 15.8. The maximum Gasteiger partial charge on any atom is 0.414 e. The molecule has 0 unspecified atom stereocenters. The first kappa shape index (κ1) is 23.3. The predicted molar refractivity (Wildman–Crippen MR) is 104 cm³/mol. The molecular weight excluding hydrogens is 428 g/mol. The molecule has 13 heteroatoms. The molecule has 2 aliphatic heterocycles. The number of aliphatic hydroxyl groups excluding tert-OH is 1. The molecule has 2 saturated heterocycles. The summed E-state index contributed by atoms with van der Waals surface area (Å²) < 4.78 is 5.49. The Kier molecular flexibility index (Phi) is 5.96. The first-order chi connectivity index (χ1) is 14.9. The van der Waals surface area contributed by atoms with Crippen molar-refractivity contribution in [2.45, 2.75) is 62.4 Å². The fourth-order valence-electron chi connectivity index (χ4n) is 5.28. The van der Waals surface area contributed by atoms with E-state index in [2.05, 4.69) is 14.7 Å². The van der Waals surface area contributed by atoms with Crippen LogP contribution in [0.5, 0.6) is 0 Å². The molecule has 0 atom stereocenters. The van der Waals surface area contributed by atoms with Crippen LogP contribution in [-0.4, -0.2) is 106 Å². The van der Waals surface area contributed by atoms with Crippen molar-refractivity contribution >= 4 is 6.09 Å². The van der Waals surface area contributed by atoms with Gasteiger partial charge in [-0.3, -0.25) is 0 Å². The summed E-state index contributed by atoms with van der Waals surface area (Å²) in [6, 6.07) is 2.18. The number of piperidine rings is 1. The zero-order valence-electron chi connectivity index (χ0n) is 17.5. The molecule has 3 fully saturated rings. The molecule has 3 aliphatic rings. The summed E-state index contributed by atoms with van der Waals surface area (Å²) in [6.07, 6.45) is 2.99. The normalized spacial score (nSPS) is 27.9. The Bertz CT molecular complexity index is 823. The van der Waals surface area contributed by atoms with E-state index in [1.807, 2.05) is 6.07 Å². The van der Waals surface area contributed by atoms with Gasteiger partial charge in [-0.2, -0.15) is 5.10 Å². The van der Waals surface area contributed by atoms with E-state index < -0.39 is 24.5 Å². The van der Waals surface area contributed by atoms with Gasteiger partial charge in [0.15, 0.2) is 0 Å². The van der Waals surface area contributed by atoms with E-state index >= 15 is 0 Å². The second-order valence-electron chi connectivity index (χ2n) is 9.20. The number of amides is 1. The minimum absolute atomic E-state index is 0.0948. The lowest BCUT2D eigenvalue weighted by molar-refractivity contribution is -0.509. The topological polar surface area (TPSA) is 192 Å². The molecule has 0 radical (unpaired) electrons. The van der Waals surface area contributed by atoms with E-state index in [1.165, 1.54) is 9.58 Å². The number of nitrogens with zero attached hydrogens (tertiary/aromatic N) is 4. The van der Waals surface area contributed by atoms with Crippen molar-refractivity contribution in [2.24, 2.45) is 5.41 Å². The van der Waals surface area contributed by atoms with Gasteiger partial charge in [0, 0.05) is 36.9 Å². The fourth-order valence-corrected chi connectivity index (χ4v) is 5.28. The van der Waals surface area contributed by atoms with Crippen LogP contribution in [0.25, 0.3) is 0 Å². The van der Waals surface area contributed by atoms with Gasteiger partial charge in [0.25, 0.3) is 6.41 Å². The molecule has 32 heavy (non-hydrogen) atoms. The maximum absolute atomic E-state index is 12.1. The monoisotopic (exact) mass is 458 g/mol. The third-order valence-corrected chi connectivity index (χ3v) is 7.08. The van der Waals surface area contributed by atoms with Crippen LogP contribution < -0.4 is 0 Å².